The molecule has 0 aliphatic carbocycles. The van der Waals surface area contributed by atoms with Crippen molar-refractivity contribution >= 4 is 11.9 Å². The molecule has 0 spiro atoms. The Morgan fingerprint density at radius 1 is 0.340 bits per heavy atom. The van der Waals surface area contributed by atoms with E-state index in [1.54, 1.807) is 0 Å². The van der Waals surface area contributed by atoms with Crippen LogP contribution in [-0.4, -0.2) is 23.1 Å². The zero-order valence-corrected chi connectivity index (χ0v) is 36.4. The van der Waals surface area contributed by atoms with Crippen LogP contribution < -0.4 is 0 Å². The lowest BCUT2D eigenvalue weighted by Crippen LogP contribution is -2.18. The molecule has 1 N–H and O–H groups in total. The van der Waals surface area contributed by atoms with Crippen LogP contribution >= 0.6 is 0 Å². The van der Waals surface area contributed by atoms with E-state index < -0.39 is 5.97 Å². The van der Waals surface area contributed by atoms with E-state index in [9.17, 15) is 9.59 Å². The molecule has 4 nitrogen and oxygen atoms in total. The molecule has 1 unspecified atom stereocenters. The van der Waals surface area contributed by atoms with Crippen molar-refractivity contribution in [2.45, 2.75) is 302 Å². The summed E-state index contributed by atoms with van der Waals surface area (Å²) in [6.45, 7) is 4.58. The lowest BCUT2D eigenvalue weighted by Gasteiger charge is -2.18. The van der Waals surface area contributed by atoms with Crippen molar-refractivity contribution in [3.8, 4) is 0 Å². The Morgan fingerprint density at radius 3 is 0.830 bits per heavy atom. The van der Waals surface area contributed by atoms with E-state index >= 15 is 0 Å². The molecule has 0 fully saturated rings. The van der Waals surface area contributed by atoms with Gasteiger partial charge in [0.05, 0.1) is 0 Å². The first-order valence-electron chi connectivity index (χ1n) is 24.5. The first kappa shape index (κ1) is 51.9. The number of aliphatic carboxylic acids is 1. The van der Waals surface area contributed by atoms with Crippen molar-refractivity contribution in [3.05, 3.63) is 0 Å². The van der Waals surface area contributed by atoms with E-state index in [4.69, 9.17) is 9.84 Å². The van der Waals surface area contributed by atoms with Gasteiger partial charge in [-0.05, 0) is 38.5 Å². The van der Waals surface area contributed by atoms with Crippen LogP contribution in [0.1, 0.15) is 296 Å². The van der Waals surface area contributed by atoms with Gasteiger partial charge in [0, 0.05) is 12.8 Å². The van der Waals surface area contributed by atoms with Crippen LogP contribution in [0.4, 0.5) is 0 Å². The predicted molar refractivity (Wildman–Crippen MR) is 232 cm³/mol. The molecule has 0 aliphatic heterocycles. The molecule has 0 heterocycles. The van der Waals surface area contributed by atoms with Crippen molar-refractivity contribution in [2.75, 3.05) is 0 Å². The number of hydrogen-bond acceptors (Lipinski definition) is 3. The number of carboxylic acid groups (broad SMARTS) is 1. The molecule has 0 aromatic rings. The van der Waals surface area contributed by atoms with Gasteiger partial charge in [-0.2, -0.15) is 0 Å². The normalized spacial score (nSPS) is 12.0. The molecule has 0 saturated carbocycles. The first-order valence-corrected chi connectivity index (χ1v) is 24.5. The Morgan fingerprint density at radius 2 is 0.566 bits per heavy atom. The second-order valence-corrected chi connectivity index (χ2v) is 17.0. The van der Waals surface area contributed by atoms with Crippen molar-refractivity contribution in [1.82, 2.24) is 0 Å². The summed E-state index contributed by atoms with van der Waals surface area (Å²) < 4.78 is 6.05. The van der Waals surface area contributed by atoms with E-state index in [2.05, 4.69) is 13.8 Å². The van der Waals surface area contributed by atoms with Crippen molar-refractivity contribution in [1.29, 1.82) is 0 Å². The number of esters is 1. The highest BCUT2D eigenvalue weighted by molar-refractivity contribution is 5.69. The van der Waals surface area contributed by atoms with Crippen LogP contribution in [0.2, 0.25) is 0 Å². The molecule has 0 radical (unpaired) electrons. The van der Waals surface area contributed by atoms with Crippen LogP contribution in [0.15, 0.2) is 0 Å². The first-order chi connectivity index (χ1) is 26.1. The Labute approximate surface area is 332 Å². The Kier molecular flexibility index (Phi) is 44.4. The molecule has 0 saturated heterocycles. The number of carboxylic acids is 1. The van der Waals surface area contributed by atoms with Crippen LogP contribution in [0, 0.1) is 0 Å². The number of hydrogen-bond donors (Lipinski definition) is 1. The van der Waals surface area contributed by atoms with E-state index in [0.717, 1.165) is 64.2 Å². The van der Waals surface area contributed by atoms with Gasteiger partial charge in [-0.25, -0.2) is 0 Å². The summed E-state index contributed by atoms with van der Waals surface area (Å²) >= 11 is 0. The summed E-state index contributed by atoms with van der Waals surface area (Å²) in [5.74, 6) is -0.680. The predicted octanol–water partition coefficient (Wildman–Crippen LogP) is 17.2. The average molecular weight is 749 g/mol. The van der Waals surface area contributed by atoms with Gasteiger partial charge in [-0.1, -0.05) is 245 Å². The molecule has 0 aromatic carbocycles. The maximum atomic E-state index is 12.8. The maximum Gasteiger partial charge on any atom is 0.306 e. The summed E-state index contributed by atoms with van der Waals surface area (Å²) in [5, 5.41) is 8.86. The van der Waals surface area contributed by atoms with Gasteiger partial charge in [-0.3, -0.25) is 9.59 Å². The summed E-state index contributed by atoms with van der Waals surface area (Å²) in [4.78, 5) is 23.5. The van der Waals surface area contributed by atoms with Crippen molar-refractivity contribution in [2.24, 2.45) is 0 Å². The molecule has 0 amide bonds. The minimum absolute atomic E-state index is 0.0135. The van der Waals surface area contributed by atoms with E-state index in [-0.39, 0.29) is 18.5 Å². The van der Waals surface area contributed by atoms with Crippen LogP contribution in [0.5, 0.6) is 0 Å². The molecule has 316 valence electrons. The lowest BCUT2D eigenvalue weighted by molar-refractivity contribution is -0.150. The van der Waals surface area contributed by atoms with Gasteiger partial charge in [-0.15, -0.1) is 0 Å². The molecular weight excluding hydrogens is 653 g/mol. The van der Waals surface area contributed by atoms with Gasteiger partial charge >= 0.3 is 11.9 Å². The SMILES string of the molecule is CCCCCCCCCCCCCCCCCCCCCCCC(=O)OC(CCCCCCCCCCCCCCCC)CCCCCCCC(=O)O. The number of ether oxygens (including phenoxy) is 1. The summed E-state index contributed by atoms with van der Waals surface area (Å²) in [6.07, 6.45) is 55.8. The second-order valence-electron chi connectivity index (χ2n) is 17.0. The highest BCUT2D eigenvalue weighted by atomic mass is 16.5. The largest absolute Gasteiger partial charge is 0.481 e. The second kappa shape index (κ2) is 45.3. The zero-order chi connectivity index (χ0) is 38.6. The Hall–Kier alpha value is -1.06. The fourth-order valence-electron chi connectivity index (χ4n) is 7.95. The quantitative estimate of drug-likeness (QED) is 0.0497. The van der Waals surface area contributed by atoms with E-state index in [0.29, 0.717) is 6.42 Å². The van der Waals surface area contributed by atoms with E-state index in [1.807, 2.05) is 0 Å². The average Bonchev–Trinajstić information content (AvgIpc) is 3.14. The third kappa shape index (κ3) is 45.2. The Balaban J connectivity index is 3.86. The van der Waals surface area contributed by atoms with Gasteiger partial charge < -0.3 is 9.84 Å². The molecule has 53 heavy (non-hydrogen) atoms. The smallest absolute Gasteiger partial charge is 0.306 e. The fourth-order valence-corrected chi connectivity index (χ4v) is 7.95. The Bertz CT molecular complexity index is 721. The fraction of sp³-hybridized carbons (Fsp3) is 0.959. The summed E-state index contributed by atoms with van der Waals surface area (Å²) in [5.41, 5.74) is 0. The van der Waals surface area contributed by atoms with Gasteiger partial charge in [0.15, 0.2) is 0 Å². The van der Waals surface area contributed by atoms with Gasteiger partial charge in [0.25, 0.3) is 0 Å². The van der Waals surface area contributed by atoms with Crippen LogP contribution in [0.25, 0.3) is 0 Å². The molecule has 1 atom stereocenters. The number of carbonyl (C=O) groups is 2. The van der Waals surface area contributed by atoms with E-state index in [1.165, 1.54) is 205 Å². The minimum atomic E-state index is -0.694. The third-order valence-corrected chi connectivity index (χ3v) is 11.6. The minimum Gasteiger partial charge on any atom is -0.481 e. The molecule has 4 heteroatoms. The molecule has 0 bridgehead atoms. The van der Waals surface area contributed by atoms with Crippen LogP contribution in [-0.2, 0) is 14.3 Å². The lowest BCUT2D eigenvalue weighted by atomic mass is 10.0. The standard InChI is InChI=1S/C49H96O4/c1-3-5-7-9-11-13-15-17-19-20-21-22-23-24-25-27-29-31-33-38-42-46-49(52)53-47(44-40-36-34-37-41-45-48(50)51)43-39-35-32-30-28-26-18-16-14-12-10-8-6-4-2/h47H,3-46H2,1-2H3,(H,50,51). The molecule has 0 rings (SSSR count). The summed E-state index contributed by atoms with van der Waals surface area (Å²) in [6, 6.07) is 0. The topological polar surface area (TPSA) is 63.6 Å². The summed E-state index contributed by atoms with van der Waals surface area (Å²) in [7, 11) is 0. The molecule has 0 aliphatic rings. The van der Waals surface area contributed by atoms with Gasteiger partial charge in [0.2, 0.25) is 0 Å². The van der Waals surface area contributed by atoms with Crippen molar-refractivity contribution < 1.29 is 19.4 Å². The van der Waals surface area contributed by atoms with Gasteiger partial charge in [0.1, 0.15) is 6.10 Å². The highest BCUT2D eigenvalue weighted by Gasteiger charge is 2.14. The van der Waals surface area contributed by atoms with Crippen LogP contribution in [0.3, 0.4) is 0 Å². The highest BCUT2D eigenvalue weighted by Crippen LogP contribution is 2.20. The molecule has 0 aromatic heterocycles. The van der Waals surface area contributed by atoms with Crippen molar-refractivity contribution in [3.63, 3.8) is 0 Å². The number of carbonyl (C=O) groups excluding carboxylic acids is 1. The number of rotatable bonds is 46. The number of unbranched alkanes of at least 4 members (excludes halogenated alkanes) is 37. The molecular formula is C49H96O4. The zero-order valence-electron chi connectivity index (χ0n) is 36.4. The monoisotopic (exact) mass is 749 g/mol. The third-order valence-electron chi connectivity index (χ3n) is 11.6. The maximum absolute atomic E-state index is 12.8.